The Bertz CT molecular complexity index is 564. The molecule has 0 radical (unpaired) electrons. The van der Waals surface area contributed by atoms with E-state index in [2.05, 4.69) is 15.9 Å². The van der Waals surface area contributed by atoms with Gasteiger partial charge in [-0.2, -0.15) is 0 Å². The van der Waals surface area contributed by atoms with Crippen LogP contribution in [0.2, 0.25) is 5.02 Å². The van der Waals surface area contributed by atoms with Crippen molar-refractivity contribution in [3.63, 3.8) is 0 Å². The molecule has 0 atom stereocenters. The molecule has 0 aliphatic rings. The first-order valence-electron chi connectivity index (χ1n) is 4.86. The summed E-state index contributed by atoms with van der Waals surface area (Å²) in [5.41, 5.74) is 1.91. The average molecular weight is 312 g/mol. The lowest BCUT2D eigenvalue weighted by atomic mass is 10.0. The number of carbonyl (C=O) groups is 1. The molecule has 0 fully saturated rings. The van der Waals surface area contributed by atoms with Crippen molar-refractivity contribution < 1.29 is 9.90 Å². The molecule has 0 spiro atoms. The quantitative estimate of drug-likeness (QED) is 0.888. The molecule has 0 saturated heterocycles. The van der Waals surface area contributed by atoms with Crippen molar-refractivity contribution in [2.45, 2.75) is 0 Å². The summed E-state index contributed by atoms with van der Waals surface area (Å²) in [6.07, 6.45) is 0. The van der Waals surface area contributed by atoms with E-state index in [1.165, 1.54) is 6.07 Å². The van der Waals surface area contributed by atoms with Gasteiger partial charge in [-0.25, -0.2) is 4.79 Å². The highest BCUT2D eigenvalue weighted by Gasteiger charge is 2.07. The van der Waals surface area contributed by atoms with Crippen LogP contribution >= 0.6 is 27.5 Å². The fraction of sp³-hybridized carbons (Fsp3) is 0. The molecule has 0 bridgehead atoms. The maximum atomic E-state index is 10.9. The molecule has 4 heteroatoms. The van der Waals surface area contributed by atoms with Crippen molar-refractivity contribution in [2.75, 3.05) is 0 Å². The summed E-state index contributed by atoms with van der Waals surface area (Å²) < 4.78 is 0.974. The SMILES string of the molecule is O=C(O)c1cc(Cl)cc(-c2ccc(Br)cc2)c1. The Kier molecular flexibility index (Phi) is 3.50. The number of carboxylic acid groups (broad SMARTS) is 1. The molecule has 0 amide bonds. The third kappa shape index (κ3) is 2.87. The fourth-order valence-corrected chi connectivity index (χ4v) is 2.02. The van der Waals surface area contributed by atoms with E-state index in [0.717, 1.165) is 15.6 Å². The third-order valence-corrected chi connectivity index (χ3v) is 3.07. The fourth-order valence-electron chi connectivity index (χ4n) is 1.52. The van der Waals surface area contributed by atoms with Crippen LogP contribution < -0.4 is 0 Å². The maximum Gasteiger partial charge on any atom is 0.335 e. The molecule has 2 aromatic rings. The Morgan fingerprint density at radius 3 is 2.29 bits per heavy atom. The lowest BCUT2D eigenvalue weighted by molar-refractivity contribution is 0.0697. The van der Waals surface area contributed by atoms with Gasteiger partial charge in [0.1, 0.15) is 0 Å². The summed E-state index contributed by atoms with van der Waals surface area (Å²) in [7, 11) is 0. The van der Waals surface area contributed by atoms with Crippen LogP contribution in [0.1, 0.15) is 10.4 Å². The molecule has 0 unspecified atom stereocenters. The van der Waals surface area contributed by atoms with Crippen LogP contribution in [0.25, 0.3) is 11.1 Å². The Balaban J connectivity index is 2.51. The number of carboxylic acids is 1. The molecule has 0 heterocycles. The average Bonchev–Trinajstić information content (AvgIpc) is 2.29. The zero-order valence-electron chi connectivity index (χ0n) is 8.65. The monoisotopic (exact) mass is 310 g/mol. The van der Waals surface area contributed by atoms with E-state index in [1.807, 2.05) is 24.3 Å². The summed E-state index contributed by atoms with van der Waals surface area (Å²) in [5, 5.41) is 9.38. The predicted molar refractivity (Wildman–Crippen MR) is 71.5 cm³/mol. The summed E-state index contributed by atoms with van der Waals surface area (Å²) in [6, 6.07) is 12.4. The Morgan fingerprint density at radius 1 is 1.06 bits per heavy atom. The van der Waals surface area contributed by atoms with E-state index >= 15 is 0 Å². The van der Waals surface area contributed by atoms with Crippen molar-refractivity contribution in [3.8, 4) is 11.1 Å². The van der Waals surface area contributed by atoms with Crippen molar-refractivity contribution in [1.29, 1.82) is 0 Å². The second-order valence-electron chi connectivity index (χ2n) is 3.54. The molecular formula is C13H8BrClO2. The van der Waals surface area contributed by atoms with E-state index in [1.54, 1.807) is 12.1 Å². The third-order valence-electron chi connectivity index (χ3n) is 2.32. The normalized spacial score (nSPS) is 10.2. The number of hydrogen-bond acceptors (Lipinski definition) is 1. The Labute approximate surface area is 112 Å². The van der Waals surface area contributed by atoms with Gasteiger partial charge in [-0.1, -0.05) is 39.7 Å². The molecule has 17 heavy (non-hydrogen) atoms. The van der Waals surface area contributed by atoms with Crippen molar-refractivity contribution in [1.82, 2.24) is 0 Å². The summed E-state index contributed by atoms with van der Waals surface area (Å²) in [6.45, 7) is 0. The van der Waals surface area contributed by atoms with Gasteiger partial charge in [-0.3, -0.25) is 0 Å². The van der Waals surface area contributed by atoms with Gasteiger partial charge in [0.05, 0.1) is 5.56 Å². The van der Waals surface area contributed by atoms with Gasteiger partial charge >= 0.3 is 5.97 Å². The first-order chi connectivity index (χ1) is 8.06. The summed E-state index contributed by atoms with van der Waals surface area (Å²) in [4.78, 5) is 10.9. The Morgan fingerprint density at radius 2 is 1.71 bits per heavy atom. The maximum absolute atomic E-state index is 10.9. The van der Waals surface area contributed by atoms with Crippen molar-refractivity contribution >= 4 is 33.5 Å². The second-order valence-corrected chi connectivity index (χ2v) is 4.89. The van der Waals surface area contributed by atoms with Crippen LogP contribution in [-0.4, -0.2) is 11.1 Å². The molecular weight excluding hydrogens is 303 g/mol. The largest absolute Gasteiger partial charge is 0.478 e. The van der Waals surface area contributed by atoms with Crippen LogP contribution in [0.4, 0.5) is 0 Å². The molecule has 2 nitrogen and oxygen atoms in total. The molecule has 1 N–H and O–H groups in total. The van der Waals surface area contributed by atoms with Gasteiger partial charge in [0.25, 0.3) is 0 Å². The van der Waals surface area contributed by atoms with E-state index < -0.39 is 5.97 Å². The number of rotatable bonds is 2. The van der Waals surface area contributed by atoms with E-state index in [9.17, 15) is 4.79 Å². The first-order valence-corrected chi connectivity index (χ1v) is 6.03. The minimum atomic E-state index is -0.981. The number of halogens is 2. The lowest BCUT2D eigenvalue weighted by Gasteiger charge is -2.04. The van der Waals surface area contributed by atoms with Crippen molar-refractivity contribution in [3.05, 3.63) is 57.5 Å². The highest BCUT2D eigenvalue weighted by atomic mass is 79.9. The standard InChI is InChI=1S/C13H8BrClO2/c14-11-3-1-8(2-4-11)9-5-10(13(16)17)7-12(15)6-9/h1-7H,(H,16,17). The molecule has 2 aromatic carbocycles. The van der Waals surface area contributed by atoms with Gasteiger partial charge in [0.15, 0.2) is 0 Å². The number of hydrogen-bond donors (Lipinski definition) is 1. The second kappa shape index (κ2) is 4.90. The van der Waals surface area contributed by atoms with Crippen LogP contribution in [-0.2, 0) is 0 Å². The molecule has 0 aliphatic heterocycles. The Hall–Kier alpha value is -1.32. The molecule has 0 aromatic heterocycles. The van der Waals surface area contributed by atoms with Gasteiger partial charge < -0.3 is 5.11 Å². The predicted octanol–water partition coefficient (Wildman–Crippen LogP) is 4.47. The van der Waals surface area contributed by atoms with E-state index in [-0.39, 0.29) is 5.56 Å². The summed E-state index contributed by atoms with van der Waals surface area (Å²) >= 11 is 9.25. The zero-order valence-corrected chi connectivity index (χ0v) is 11.0. The van der Waals surface area contributed by atoms with E-state index in [4.69, 9.17) is 16.7 Å². The van der Waals surface area contributed by atoms with E-state index in [0.29, 0.717) is 5.02 Å². The van der Waals surface area contributed by atoms with Gasteiger partial charge in [-0.15, -0.1) is 0 Å². The van der Waals surface area contributed by atoms with Crippen LogP contribution in [0.5, 0.6) is 0 Å². The minimum Gasteiger partial charge on any atom is -0.478 e. The molecule has 0 saturated carbocycles. The molecule has 86 valence electrons. The number of aromatic carboxylic acids is 1. The lowest BCUT2D eigenvalue weighted by Crippen LogP contribution is -1.96. The summed E-state index contributed by atoms with van der Waals surface area (Å²) in [5.74, 6) is -0.981. The van der Waals surface area contributed by atoms with Gasteiger partial charge in [-0.05, 0) is 41.5 Å². The molecule has 0 aliphatic carbocycles. The van der Waals surface area contributed by atoms with Crippen molar-refractivity contribution in [2.24, 2.45) is 0 Å². The highest BCUT2D eigenvalue weighted by molar-refractivity contribution is 9.10. The minimum absolute atomic E-state index is 0.190. The van der Waals surface area contributed by atoms with Gasteiger partial charge in [0.2, 0.25) is 0 Å². The van der Waals surface area contributed by atoms with Crippen LogP contribution in [0, 0.1) is 0 Å². The van der Waals surface area contributed by atoms with Crippen LogP contribution in [0.15, 0.2) is 46.9 Å². The highest BCUT2D eigenvalue weighted by Crippen LogP contribution is 2.26. The smallest absolute Gasteiger partial charge is 0.335 e. The molecule has 2 rings (SSSR count). The topological polar surface area (TPSA) is 37.3 Å². The van der Waals surface area contributed by atoms with Crippen LogP contribution in [0.3, 0.4) is 0 Å². The first kappa shape index (κ1) is 12.1. The number of benzene rings is 2. The zero-order chi connectivity index (χ0) is 12.4. The van der Waals surface area contributed by atoms with Gasteiger partial charge in [0, 0.05) is 9.50 Å².